The third kappa shape index (κ3) is 2.08. The highest BCUT2D eigenvalue weighted by Crippen LogP contribution is 2.29. The highest BCUT2D eigenvalue weighted by atomic mass is 19.1. The topological polar surface area (TPSA) is 47.6 Å². The van der Waals surface area contributed by atoms with Gasteiger partial charge in [-0.3, -0.25) is 0 Å². The Morgan fingerprint density at radius 2 is 2.50 bits per heavy atom. The molecule has 1 heterocycles. The Kier molecular flexibility index (Phi) is 2.94. The lowest BCUT2D eigenvalue weighted by Crippen LogP contribution is -2.38. The Bertz CT molecular complexity index is 408. The maximum Gasteiger partial charge on any atom is 0.349 e. The molecule has 0 radical (unpaired) electrons. The zero-order valence-electron chi connectivity index (χ0n) is 8.83. The number of halogens is 1. The molecule has 0 aliphatic carbocycles. The van der Waals surface area contributed by atoms with Crippen LogP contribution in [0.4, 0.5) is 10.1 Å². The number of ether oxygens (including phenoxy) is 2. The summed E-state index contributed by atoms with van der Waals surface area (Å²) in [6, 6.07) is 4.15. The lowest BCUT2D eigenvalue weighted by molar-refractivity contribution is -0.150. The number of hydrogen-bond acceptors (Lipinski definition) is 4. The van der Waals surface area contributed by atoms with Crippen LogP contribution in [0.25, 0.3) is 0 Å². The maximum absolute atomic E-state index is 12.9. The van der Waals surface area contributed by atoms with E-state index in [0.29, 0.717) is 24.6 Å². The molecule has 1 N–H and O–H groups in total. The van der Waals surface area contributed by atoms with Gasteiger partial charge in [0.2, 0.25) is 6.10 Å². The quantitative estimate of drug-likeness (QED) is 0.776. The minimum atomic E-state index is -0.714. The number of nitrogens with one attached hydrogen (secondary N) is 1. The second-order valence-electron chi connectivity index (χ2n) is 3.38. The molecule has 86 valence electrons. The molecule has 0 bridgehead atoms. The van der Waals surface area contributed by atoms with Crippen molar-refractivity contribution < 1.29 is 18.7 Å². The van der Waals surface area contributed by atoms with E-state index in [4.69, 9.17) is 9.47 Å². The van der Waals surface area contributed by atoms with Crippen molar-refractivity contribution in [3.8, 4) is 5.75 Å². The van der Waals surface area contributed by atoms with E-state index in [1.54, 1.807) is 13.0 Å². The van der Waals surface area contributed by atoms with Crippen LogP contribution in [0.5, 0.6) is 5.75 Å². The third-order valence-electron chi connectivity index (χ3n) is 2.24. The fourth-order valence-electron chi connectivity index (χ4n) is 1.50. The summed E-state index contributed by atoms with van der Waals surface area (Å²) in [5, 5.41) is 2.99. The number of rotatable bonds is 2. The molecule has 0 amide bonds. The number of carbonyl (C=O) groups excluding carboxylic acids is 1. The summed E-state index contributed by atoms with van der Waals surface area (Å²) < 4.78 is 23.1. The van der Waals surface area contributed by atoms with Gasteiger partial charge in [0.1, 0.15) is 11.6 Å². The molecule has 1 aliphatic heterocycles. The number of benzene rings is 1. The van der Waals surface area contributed by atoms with E-state index in [2.05, 4.69) is 5.32 Å². The van der Waals surface area contributed by atoms with Gasteiger partial charge in [0.15, 0.2) is 0 Å². The van der Waals surface area contributed by atoms with Gasteiger partial charge in [-0.25, -0.2) is 9.18 Å². The van der Waals surface area contributed by atoms with Gasteiger partial charge in [-0.05, 0) is 19.1 Å². The highest BCUT2D eigenvalue weighted by molar-refractivity contribution is 5.77. The number of esters is 1. The van der Waals surface area contributed by atoms with Gasteiger partial charge in [-0.15, -0.1) is 0 Å². The number of fused-ring (bicyclic) bond motifs is 1. The fourth-order valence-corrected chi connectivity index (χ4v) is 1.50. The molecular weight excluding hydrogens is 213 g/mol. The van der Waals surface area contributed by atoms with Crippen LogP contribution in [-0.4, -0.2) is 25.2 Å². The normalized spacial score (nSPS) is 18.0. The molecule has 0 aromatic heterocycles. The Balaban J connectivity index is 2.13. The number of carbonyl (C=O) groups is 1. The largest absolute Gasteiger partial charge is 0.475 e. The van der Waals surface area contributed by atoms with E-state index in [1.807, 2.05) is 0 Å². The molecule has 1 unspecified atom stereocenters. The first kappa shape index (κ1) is 10.7. The predicted molar refractivity (Wildman–Crippen MR) is 55.9 cm³/mol. The van der Waals surface area contributed by atoms with Crippen LogP contribution in [0.3, 0.4) is 0 Å². The molecule has 16 heavy (non-hydrogen) atoms. The first-order chi connectivity index (χ1) is 7.70. The summed E-state index contributed by atoms with van der Waals surface area (Å²) in [5.74, 6) is -0.501. The summed E-state index contributed by atoms with van der Waals surface area (Å²) in [6.45, 7) is 2.36. The van der Waals surface area contributed by atoms with Gasteiger partial charge >= 0.3 is 5.97 Å². The van der Waals surface area contributed by atoms with Crippen LogP contribution < -0.4 is 10.1 Å². The van der Waals surface area contributed by atoms with Crippen LogP contribution in [-0.2, 0) is 9.53 Å². The summed E-state index contributed by atoms with van der Waals surface area (Å²) in [7, 11) is 0. The van der Waals surface area contributed by atoms with Crippen LogP contribution in [0.1, 0.15) is 6.92 Å². The van der Waals surface area contributed by atoms with Crippen LogP contribution in [0.15, 0.2) is 18.2 Å². The fraction of sp³-hybridized carbons (Fsp3) is 0.364. The molecule has 1 aliphatic rings. The summed E-state index contributed by atoms with van der Waals surface area (Å²) in [4.78, 5) is 11.4. The van der Waals surface area contributed by atoms with Crippen molar-refractivity contribution in [2.45, 2.75) is 13.0 Å². The van der Waals surface area contributed by atoms with Crippen molar-refractivity contribution in [2.24, 2.45) is 0 Å². The monoisotopic (exact) mass is 225 g/mol. The van der Waals surface area contributed by atoms with Crippen molar-refractivity contribution in [2.75, 3.05) is 18.5 Å². The van der Waals surface area contributed by atoms with Gasteiger partial charge in [0.25, 0.3) is 0 Å². The van der Waals surface area contributed by atoms with Gasteiger partial charge in [-0.1, -0.05) is 0 Å². The zero-order chi connectivity index (χ0) is 11.5. The molecule has 1 atom stereocenters. The highest BCUT2D eigenvalue weighted by Gasteiger charge is 2.27. The molecule has 1 aromatic rings. The minimum absolute atomic E-state index is 0.300. The Morgan fingerprint density at radius 3 is 3.25 bits per heavy atom. The predicted octanol–water partition coefficient (Wildman–Crippen LogP) is 1.56. The second kappa shape index (κ2) is 4.38. The van der Waals surface area contributed by atoms with Crippen LogP contribution >= 0.6 is 0 Å². The summed E-state index contributed by atoms with van der Waals surface area (Å²) >= 11 is 0. The van der Waals surface area contributed by atoms with E-state index < -0.39 is 17.9 Å². The molecule has 0 fully saturated rings. The van der Waals surface area contributed by atoms with Gasteiger partial charge in [0.05, 0.1) is 18.8 Å². The number of anilines is 1. The average Bonchev–Trinajstić information content (AvgIpc) is 2.28. The lowest BCUT2D eigenvalue weighted by Gasteiger charge is -2.25. The standard InChI is InChI=1S/C11H12FNO3/c1-2-15-11(14)10-6-13-8-4-3-7(12)5-9(8)16-10/h3-5,10,13H,2,6H2,1H3. The molecule has 1 aromatic carbocycles. The van der Waals surface area contributed by atoms with Crippen LogP contribution in [0.2, 0.25) is 0 Å². The van der Waals surface area contributed by atoms with E-state index in [1.165, 1.54) is 12.1 Å². The van der Waals surface area contributed by atoms with Crippen LogP contribution in [0, 0.1) is 5.82 Å². The lowest BCUT2D eigenvalue weighted by atomic mass is 10.2. The van der Waals surface area contributed by atoms with E-state index in [9.17, 15) is 9.18 Å². The molecule has 4 nitrogen and oxygen atoms in total. The Morgan fingerprint density at radius 1 is 1.69 bits per heavy atom. The zero-order valence-corrected chi connectivity index (χ0v) is 8.83. The minimum Gasteiger partial charge on any atom is -0.475 e. The molecule has 0 saturated heterocycles. The van der Waals surface area contributed by atoms with Gasteiger partial charge in [0, 0.05) is 6.07 Å². The Labute approximate surface area is 92.4 Å². The molecular formula is C11H12FNO3. The first-order valence-electron chi connectivity index (χ1n) is 5.07. The van der Waals surface area contributed by atoms with Crippen molar-refractivity contribution >= 4 is 11.7 Å². The first-order valence-corrected chi connectivity index (χ1v) is 5.07. The van der Waals surface area contributed by atoms with Crippen molar-refractivity contribution in [3.63, 3.8) is 0 Å². The summed E-state index contributed by atoms with van der Waals surface area (Å²) in [6.07, 6.45) is -0.714. The molecule has 2 rings (SSSR count). The van der Waals surface area contributed by atoms with Gasteiger partial charge < -0.3 is 14.8 Å². The van der Waals surface area contributed by atoms with E-state index >= 15 is 0 Å². The average molecular weight is 225 g/mol. The SMILES string of the molecule is CCOC(=O)C1CNc2ccc(F)cc2O1. The summed E-state index contributed by atoms with van der Waals surface area (Å²) in [5.41, 5.74) is 0.682. The molecule has 0 saturated carbocycles. The molecule has 0 spiro atoms. The van der Waals surface area contributed by atoms with E-state index in [0.717, 1.165) is 0 Å². The van der Waals surface area contributed by atoms with Crippen molar-refractivity contribution in [3.05, 3.63) is 24.0 Å². The number of hydrogen-bond donors (Lipinski definition) is 1. The Hall–Kier alpha value is -1.78. The second-order valence-corrected chi connectivity index (χ2v) is 3.38. The molecule has 5 heteroatoms. The van der Waals surface area contributed by atoms with Crippen molar-refractivity contribution in [1.29, 1.82) is 0 Å². The maximum atomic E-state index is 12.9. The van der Waals surface area contributed by atoms with Gasteiger partial charge in [-0.2, -0.15) is 0 Å². The third-order valence-corrected chi connectivity index (χ3v) is 2.24. The smallest absolute Gasteiger partial charge is 0.349 e. The van der Waals surface area contributed by atoms with E-state index in [-0.39, 0.29) is 0 Å². The van der Waals surface area contributed by atoms with Crippen molar-refractivity contribution in [1.82, 2.24) is 0 Å².